The molecule has 63 heavy (non-hydrogen) atoms. The molecule has 14 heteroatoms. The summed E-state index contributed by atoms with van der Waals surface area (Å²) in [6.07, 6.45) is 8.38. The minimum atomic E-state index is -1.46. The van der Waals surface area contributed by atoms with E-state index >= 15 is 0 Å². The quantitative estimate of drug-likeness (QED) is 0.0532. The molecule has 0 saturated heterocycles. The first-order chi connectivity index (χ1) is 30.7. The van der Waals surface area contributed by atoms with Crippen molar-refractivity contribution in [2.24, 2.45) is 22.9 Å². The van der Waals surface area contributed by atoms with Crippen LogP contribution >= 0.6 is 0 Å². The molecule has 1 aliphatic heterocycles. The number of allylic oxidation sites excluding steroid dienone is 1. The third kappa shape index (κ3) is 10.2. The zero-order chi connectivity index (χ0) is 44.9. The van der Waals surface area contributed by atoms with Gasteiger partial charge in [-0.05, 0) is 111 Å². The Kier molecular flexibility index (Phi) is 16.2. The topological polar surface area (TPSA) is 181 Å². The predicted molar refractivity (Wildman–Crippen MR) is 238 cm³/mol. The number of aliphatic hydroxyl groups excluding tert-OH is 2. The average molecular weight is 865 g/mol. The lowest BCUT2D eigenvalue weighted by atomic mass is 9.55. The van der Waals surface area contributed by atoms with Crippen molar-refractivity contribution in [1.29, 1.82) is 5.26 Å². The molecule has 0 spiro atoms. The summed E-state index contributed by atoms with van der Waals surface area (Å²) in [6, 6.07) is 18.4. The van der Waals surface area contributed by atoms with E-state index in [0.717, 1.165) is 36.8 Å². The van der Waals surface area contributed by atoms with Crippen LogP contribution in [-0.2, 0) is 9.57 Å². The molecule has 1 heterocycles. The smallest absolute Gasteiger partial charge is 0.417 e. The Morgan fingerprint density at radius 3 is 2.41 bits per heavy atom. The maximum atomic E-state index is 14.8. The first kappa shape index (κ1) is 46.6. The highest BCUT2D eigenvalue weighted by Crippen LogP contribution is 2.62. The number of oxime groups is 1. The fraction of sp³-hybridized carbons (Fsp3) is 0.469. The summed E-state index contributed by atoms with van der Waals surface area (Å²) in [6.45, 7) is 8.80. The number of benzene rings is 3. The lowest BCUT2D eigenvalue weighted by molar-refractivity contribution is -0.254. The number of anilines is 1. The second-order valence-corrected chi connectivity index (χ2v) is 16.0. The van der Waals surface area contributed by atoms with Crippen LogP contribution in [0.15, 0.2) is 90.1 Å². The number of carbonyl (C=O) groups excluding carboxylic acids is 2. The van der Waals surface area contributed by atoms with Gasteiger partial charge in [-0.2, -0.15) is 5.26 Å². The van der Waals surface area contributed by atoms with Crippen molar-refractivity contribution in [3.05, 3.63) is 102 Å². The Morgan fingerprint density at radius 1 is 1.00 bits per heavy atom. The number of methoxy groups -OCH3 is 2. The molecule has 14 nitrogen and oxygen atoms in total. The van der Waals surface area contributed by atoms with Crippen LogP contribution in [0, 0.1) is 29.1 Å². The molecule has 0 radical (unpaired) electrons. The summed E-state index contributed by atoms with van der Waals surface area (Å²) in [5.74, 6) is -0.844. The van der Waals surface area contributed by atoms with Gasteiger partial charge >= 0.3 is 6.09 Å². The molecule has 1 fully saturated rings. The molecule has 0 bridgehead atoms. The van der Waals surface area contributed by atoms with Gasteiger partial charge in [0.15, 0.2) is 0 Å². The molecular formula is C49H60N4O10. The van der Waals surface area contributed by atoms with Crippen LogP contribution in [0.5, 0.6) is 23.0 Å². The molecule has 6 atom stereocenters. The van der Waals surface area contributed by atoms with Crippen molar-refractivity contribution in [1.82, 2.24) is 4.90 Å². The zero-order valence-electron chi connectivity index (χ0n) is 36.7. The number of nitrogens with zero attached hydrogens (tertiary/aromatic N) is 3. The van der Waals surface area contributed by atoms with E-state index in [1.807, 2.05) is 24.8 Å². The highest BCUT2D eigenvalue weighted by molar-refractivity contribution is 6.03. The van der Waals surface area contributed by atoms with Crippen LogP contribution in [0.3, 0.4) is 0 Å². The van der Waals surface area contributed by atoms with E-state index in [-0.39, 0.29) is 55.7 Å². The fourth-order valence-electron chi connectivity index (χ4n) is 9.49. The summed E-state index contributed by atoms with van der Waals surface area (Å²) >= 11 is 0. The van der Waals surface area contributed by atoms with Crippen LogP contribution in [-0.4, -0.2) is 91.8 Å². The van der Waals surface area contributed by atoms with Crippen molar-refractivity contribution in [3.63, 3.8) is 0 Å². The molecule has 3 aromatic rings. The Balaban J connectivity index is 1.54. The third-order valence-electron chi connectivity index (χ3n) is 12.2. The maximum absolute atomic E-state index is 14.8. The highest BCUT2D eigenvalue weighted by Gasteiger charge is 2.65. The molecule has 0 aromatic heterocycles. The van der Waals surface area contributed by atoms with Crippen LogP contribution < -0.4 is 24.3 Å². The molecule has 2 aliphatic carbocycles. The predicted octanol–water partition coefficient (Wildman–Crippen LogP) is 8.39. The van der Waals surface area contributed by atoms with Gasteiger partial charge < -0.3 is 43.6 Å². The first-order valence-corrected chi connectivity index (χ1v) is 21.9. The summed E-state index contributed by atoms with van der Waals surface area (Å²) in [5.41, 5.74) is 3.63. The van der Waals surface area contributed by atoms with Crippen molar-refractivity contribution in [2.75, 3.05) is 52.5 Å². The SMILES string of the molecule is C=CCO[C@@]12Oc3ccc(OC(=O)Nc4ccc(OC)cc4OC)cc3[C@H]3[C@H](CCCCO)[C@@H](CCCCO)C=C(C(=NOCC)C[C@@H]1N(CCC)C(=O)c1ccc(C#N)cc1)[C@H]32. The molecule has 1 saturated carbocycles. The summed E-state index contributed by atoms with van der Waals surface area (Å²) in [5, 5.41) is 36.9. The number of aliphatic hydroxyl groups is 2. The van der Waals surface area contributed by atoms with Crippen molar-refractivity contribution < 1.29 is 48.3 Å². The highest BCUT2D eigenvalue weighted by atomic mass is 16.7. The lowest BCUT2D eigenvalue weighted by Gasteiger charge is -2.60. The molecule has 0 unspecified atom stereocenters. The lowest BCUT2D eigenvalue weighted by Crippen LogP contribution is -2.70. The van der Waals surface area contributed by atoms with Gasteiger partial charge in [-0.15, -0.1) is 6.58 Å². The van der Waals surface area contributed by atoms with E-state index in [9.17, 15) is 25.1 Å². The normalized spacial score (nSPS) is 22.6. The van der Waals surface area contributed by atoms with Crippen LogP contribution in [0.25, 0.3) is 0 Å². The number of rotatable bonds is 21. The van der Waals surface area contributed by atoms with Gasteiger partial charge in [-0.1, -0.05) is 37.1 Å². The Labute approximate surface area is 370 Å². The Morgan fingerprint density at radius 2 is 1.75 bits per heavy atom. The van der Waals surface area contributed by atoms with E-state index in [1.54, 1.807) is 67.8 Å². The third-order valence-corrected chi connectivity index (χ3v) is 12.2. The van der Waals surface area contributed by atoms with E-state index in [1.165, 1.54) is 7.11 Å². The van der Waals surface area contributed by atoms with Gasteiger partial charge in [0.05, 0.1) is 49.8 Å². The fourth-order valence-corrected chi connectivity index (χ4v) is 9.49. The summed E-state index contributed by atoms with van der Waals surface area (Å²) in [7, 11) is 3.04. The number of fused-ring (bicyclic) bond motifs is 2. The minimum absolute atomic E-state index is 0.0142. The summed E-state index contributed by atoms with van der Waals surface area (Å²) in [4.78, 5) is 36.0. The Bertz CT molecular complexity index is 2170. The maximum Gasteiger partial charge on any atom is 0.417 e. The van der Waals surface area contributed by atoms with E-state index in [0.29, 0.717) is 72.2 Å². The van der Waals surface area contributed by atoms with Crippen LogP contribution in [0.1, 0.15) is 92.6 Å². The monoisotopic (exact) mass is 864 g/mol. The Hall–Kier alpha value is -5.88. The molecule has 3 aliphatic rings. The molecular weight excluding hydrogens is 805 g/mol. The standard InChI is InChI=1S/C49H60N4O10/c1-6-23-53(47(56)33-17-15-32(31-50)16-18-33)44-30-41(52-61-8-3)38-27-34(13-9-11-24-54)37(14-10-12-25-55)45-39-28-36(20-22-42(39)63-49(44,46(38)45)60-26-7-2)62-48(57)51-40-21-19-35(58-4)29-43(40)59-5/h7,15-22,27-29,34,37,44-46,54-55H,2,6,8-14,23-26,30H2,1,3-5H3,(H,51,57)/t34-,37+,44-,45+,46+,49+/m0/s1. The van der Waals surface area contributed by atoms with Gasteiger partial charge in [0.2, 0.25) is 5.79 Å². The van der Waals surface area contributed by atoms with Crippen molar-refractivity contribution in [3.8, 4) is 29.1 Å². The van der Waals surface area contributed by atoms with Gasteiger partial charge in [-0.25, -0.2) is 4.79 Å². The average Bonchev–Trinajstić information content (AvgIpc) is 3.30. The molecule has 6 rings (SSSR count). The minimum Gasteiger partial charge on any atom is -0.497 e. The van der Waals surface area contributed by atoms with Gasteiger partial charge in [0.25, 0.3) is 5.91 Å². The van der Waals surface area contributed by atoms with Crippen molar-refractivity contribution >= 4 is 23.4 Å². The number of carbonyl (C=O) groups is 2. The number of unbranched alkanes of at least 4 members (excludes halogenated alkanes) is 2. The zero-order valence-corrected chi connectivity index (χ0v) is 36.7. The number of hydrogen-bond donors (Lipinski definition) is 3. The van der Waals surface area contributed by atoms with E-state index < -0.39 is 23.8 Å². The van der Waals surface area contributed by atoms with Gasteiger partial charge in [0, 0.05) is 49.3 Å². The van der Waals surface area contributed by atoms with E-state index in [2.05, 4.69) is 24.0 Å². The van der Waals surface area contributed by atoms with E-state index in [4.69, 9.17) is 33.7 Å². The second kappa shape index (κ2) is 22.0. The summed E-state index contributed by atoms with van der Waals surface area (Å²) < 4.78 is 31.1. The molecule has 3 aromatic carbocycles. The molecule has 3 N–H and O–H groups in total. The molecule has 336 valence electrons. The first-order valence-electron chi connectivity index (χ1n) is 21.9. The van der Waals surface area contributed by atoms with Crippen molar-refractivity contribution in [2.45, 2.75) is 83.0 Å². The van der Waals surface area contributed by atoms with Crippen LogP contribution in [0.2, 0.25) is 0 Å². The number of nitrogens with one attached hydrogen (secondary N) is 1. The number of nitriles is 1. The molecule has 2 amide bonds. The second-order valence-electron chi connectivity index (χ2n) is 16.0. The number of ether oxygens (including phenoxy) is 5. The van der Waals surface area contributed by atoms with Gasteiger partial charge in [-0.3, -0.25) is 10.1 Å². The van der Waals surface area contributed by atoms with Gasteiger partial charge in [0.1, 0.15) is 35.6 Å². The number of amides is 2. The van der Waals surface area contributed by atoms with Crippen LogP contribution in [0.4, 0.5) is 10.5 Å². The number of hydrogen-bond acceptors (Lipinski definition) is 12. The largest absolute Gasteiger partial charge is 0.497 e.